The first kappa shape index (κ1) is 19.5. The van der Waals surface area contributed by atoms with Gasteiger partial charge in [0.15, 0.2) is 5.82 Å². The SMILES string of the molecule is Cc1ccc(-c2nnn(-c3ccc(Br)cc3)c2NC(Cl)c2ccccc2O)cc1. The fourth-order valence-electron chi connectivity index (χ4n) is 2.98. The molecule has 7 heteroatoms. The van der Waals surface area contributed by atoms with Gasteiger partial charge in [-0.3, -0.25) is 0 Å². The molecular weight excluding hydrogens is 452 g/mol. The average molecular weight is 470 g/mol. The van der Waals surface area contributed by atoms with E-state index in [2.05, 4.69) is 31.6 Å². The molecule has 0 aliphatic heterocycles. The molecule has 29 heavy (non-hydrogen) atoms. The van der Waals surface area contributed by atoms with Crippen LogP contribution in [-0.2, 0) is 0 Å². The lowest BCUT2D eigenvalue weighted by Gasteiger charge is -2.17. The van der Waals surface area contributed by atoms with Crippen molar-refractivity contribution in [3.05, 3.63) is 88.4 Å². The first-order valence-corrected chi connectivity index (χ1v) is 10.2. The zero-order valence-electron chi connectivity index (χ0n) is 15.6. The second-order valence-corrected chi connectivity index (χ2v) is 7.96. The highest BCUT2D eigenvalue weighted by molar-refractivity contribution is 9.10. The maximum absolute atomic E-state index is 10.2. The Morgan fingerprint density at radius 1 is 1.00 bits per heavy atom. The fourth-order valence-corrected chi connectivity index (χ4v) is 3.53. The lowest BCUT2D eigenvalue weighted by molar-refractivity contribution is 0.468. The summed E-state index contributed by atoms with van der Waals surface area (Å²) in [6.45, 7) is 2.04. The fraction of sp³-hybridized carbons (Fsp3) is 0.0909. The maximum Gasteiger partial charge on any atom is 0.159 e. The zero-order chi connectivity index (χ0) is 20.4. The number of hydrogen-bond donors (Lipinski definition) is 2. The van der Waals surface area contributed by atoms with Crippen molar-refractivity contribution in [3.8, 4) is 22.7 Å². The van der Waals surface area contributed by atoms with Crippen LogP contribution in [0.4, 0.5) is 5.82 Å². The van der Waals surface area contributed by atoms with Crippen molar-refractivity contribution in [2.24, 2.45) is 0 Å². The van der Waals surface area contributed by atoms with E-state index >= 15 is 0 Å². The van der Waals surface area contributed by atoms with Gasteiger partial charge in [-0.25, -0.2) is 0 Å². The largest absolute Gasteiger partial charge is 0.508 e. The molecule has 0 bridgehead atoms. The minimum absolute atomic E-state index is 0.125. The van der Waals surface area contributed by atoms with Crippen molar-refractivity contribution in [3.63, 3.8) is 0 Å². The van der Waals surface area contributed by atoms with Crippen LogP contribution in [0, 0.1) is 6.92 Å². The van der Waals surface area contributed by atoms with Gasteiger partial charge in [-0.05, 0) is 37.3 Å². The number of aromatic nitrogens is 3. The van der Waals surface area contributed by atoms with E-state index in [0.717, 1.165) is 21.3 Å². The third-order valence-corrected chi connectivity index (χ3v) is 5.41. The molecule has 0 saturated carbocycles. The first-order valence-electron chi connectivity index (χ1n) is 9.00. The monoisotopic (exact) mass is 468 g/mol. The minimum Gasteiger partial charge on any atom is -0.508 e. The molecule has 146 valence electrons. The van der Waals surface area contributed by atoms with Crippen LogP contribution in [0.5, 0.6) is 5.75 Å². The van der Waals surface area contributed by atoms with Gasteiger partial charge >= 0.3 is 0 Å². The normalized spacial score (nSPS) is 12.0. The summed E-state index contributed by atoms with van der Waals surface area (Å²) in [5.41, 5.74) is 3.49. The van der Waals surface area contributed by atoms with Crippen LogP contribution in [-0.4, -0.2) is 20.1 Å². The lowest BCUT2D eigenvalue weighted by Crippen LogP contribution is -2.10. The number of alkyl halides is 1. The number of aromatic hydroxyl groups is 1. The third-order valence-electron chi connectivity index (χ3n) is 4.54. The number of nitrogens with one attached hydrogen (secondary N) is 1. The van der Waals surface area contributed by atoms with Gasteiger partial charge in [0.2, 0.25) is 0 Å². The van der Waals surface area contributed by atoms with Crippen molar-refractivity contribution in [2.75, 3.05) is 5.32 Å². The number of phenolic OH excluding ortho intramolecular Hbond substituents is 1. The quantitative estimate of drug-likeness (QED) is 0.275. The van der Waals surface area contributed by atoms with E-state index in [1.54, 1.807) is 22.9 Å². The van der Waals surface area contributed by atoms with Crippen LogP contribution in [0.25, 0.3) is 16.9 Å². The second kappa shape index (κ2) is 8.27. The predicted octanol–water partition coefficient (Wildman–Crippen LogP) is 6.06. The van der Waals surface area contributed by atoms with E-state index in [4.69, 9.17) is 11.6 Å². The van der Waals surface area contributed by atoms with Gasteiger partial charge in [0.25, 0.3) is 0 Å². The van der Waals surface area contributed by atoms with Crippen molar-refractivity contribution < 1.29 is 5.11 Å². The molecule has 4 aromatic rings. The Bertz CT molecular complexity index is 1060. The molecule has 0 fully saturated rings. The summed E-state index contributed by atoms with van der Waals surface area (Å²) in [4.78, 5) is 0. The summed E-state index contributed by atoms with van der Waals surface area (Å²) < 4.78 is 2.68. The zero-order valence-corrected chi connectivity index (χ0v) is 17.9. The number of halogens is 2. The van der Waals surface area contributed by atoms with E-state index < -0.39 is 5.50 Å². The summed E-state index contributed by atoms with van der Waals surface area (Å²) in [5, 5.41) is 22.2. The lowest BCUT2D eigenvalue weighted by atomic mass is 10.1. The minimum atomic E-state index is -0.673. The topological polar surface area (TPSA) is 63.0 Å². The summed E-state index contributed by atoms with van der Waals surface area (Å²) in [7, 11) is 0. The van der Waals surface area contributed by atoms with Gasteiger partial charge in [0, 0.05) is 15.6 Å². The average Bonchev–Trinajstić information content (AvgIpc) is 3.13. The highest BCUT2D eigenvalue weighted by Crippen LogP contribution is 2.35. The van der Waals surface area contributed by atoms with Crippen LogP contribution in [0.15, 0.2) is 77.3 Å². The molecule has 0 aliphatic carbocycles. The third kappa shape index (κ3) is 4.13. The molecule has 3 aromatic carbocycles. The molecular formula is C22H18BrClN4O. The van der Waals surface area contributed by atoms with Gasteiger partial charge in [0.05, 0.1) is 5.69 Å². The van der Waals surface area contributed by atoms with Gasteiger partial charge in [-0.1, -0.05) is 80.8 Å². The van der Waals surface area contributed by atoms with E-state index in [0.29, 0.717) is 17.1 Å². The first-order chi connectivity index (χ1) is 14.0. The molecule has 0 spiro atoms. The molecule has 0 aliphatic rings. The van der Waals surface area contributed by atoms with Gasteiger partial charge in [-0.2, -0.15) is 4.68 Å². The Morgan fingerprint density at radius 2 is 1.69 bits per heavy atom. The summed E-state index contributed by atoms with van der Waals surface area (Å²) >= 11 is 10.1. The number of hydrogen-bond acceptors (Lipinski definition) is 4. The number of para-hydroxylation sites is 1. The number of aryl methyl sites for hydroxylation is 1. The van der Waals surface area contributed by atoms with Crippen LogP contribution in [0.3, 0.4) is 0 Å². The molecule has 0 radical (unpaired) electrons. The van der Waals surface area contributed by atoms with Crippen LogP contribution < -0.4 is 5.32 Å². The van der Waals surface area contributed by atoms with Crippen molar-refractivity contribution >= 4 is 33.3 Å². The Kier molecular flexibility index (Phi) is 5.56. The number of nitrogens with zero attached hydrogens (tertiary/aromatic N) is 3. The molecule has 0 saturated heterocycles. The van der Waals surface area contributed by atoms with E-state index in [1.165, 1.54) is 0 Å². The summed E-state index contributed by atoms with van der Waals surface area (Å²) in [6, 6.07) is 22.8. The second-order valence-electron chi connectivity index (χ2n) is 6.61. The number of phenols is 1. The molecule has 1 aromatic heterocycles. The molecule has 4 rings (SSSR count). The van der Waals surface area contributed by atoms with E-state index in [1.807, 2.05) is 61.5 Å². The summed E-state index contributed by atoms with van der Waals surface area (Å²) in [6.07, 6.45) is 0. The molecule has 1 heterocycles. The maximum atomic E-state index is 10.2. The standard InChI is InChI=1S/C22H18BrClN4O/c1-14-6-8-15(9-7-14)20-22(25-21(24)18-4-2-3-5-19(18)29)28(27-26-20)17-12-10-16(23)11-13-17/h2-13,21,25,29H,1H3. The smallest absolute Gasteiger partial charge is 0.159 e. The highest BCUT2D eigenvalue weighted by Gasteiger charge is 2.21. The Labute approximate surface area is 182 Å². The van der Waals surface area contributed by atoms with E-state index in [-0.39, 0.29) is 5.75 Å². The van der Waals surface area contributed by atoms with Gasteiger partial charge < -0.3 is 10.4 Å². The molecule has 2 N–H and O–H groups in total. The molecule has 5 nitrogen and oxygen atoms in total. The van der Waals surface area contributed by atoms with Crippen LogP contribution >= 0.6 is 27.5 Å². The van der Waals surface area contributed by atoms with Crippen molar-refractivity contribution in [2.45, 2.75) is 12.4 Å². The Morgan fingerprint density at radius 3 is 2.38 bits per heavy atom. The number of benzene rings is 3. The van der Waals surface area contributed by atoms with Crippen molar-refractivity contribution in [1.29, 1.82) is 0 Å². The van der Waals surface area contributed by atoms with Gasteiger partial charge in [0.1, 0.15) is 16.9 Å². The van der Waals surface area contributed by atoms with E-state index in [9.17, 15) is 5.11 Å². The highest BCUT2D eigenvalue weighted by atomic mass is 79.9. The number of rotatable bonds is 5. The van der Waals surface area contributed by atoms with Crippen molar-refractivity contribution in [1.82, 2.24) is 15.0 Å². The molecule has 0 amide bonds. The van der Waals surface area contributed by atoms with Crippen LogP contribution in [0.1, 0.15) is 16.6 Å². The Balaban J connectivity index is 1.80. The Hall–Kier alpha value is -2.83. The number of anilines is 1. The molecule has 1 unspecified atom stereocenters. The summed E-state index contributed by atoms with van der Waals surface area (Å²) in [5.74, 6) is 0.763. The molecule has 1 atom stereocenters. The van der Waals surface area contributed by atoms with Crippen LogP contribution in [0.2, 0.25) is 0 Å². The predicted molar refractivity (Wildman–Crippen MR) is 120 cm³/mol. The van der Waals surface area contributed by atoms with Gasteiger partial charge in [-0.15, -0.1) is 5.10 Å².